The van der Waals surface area contributed by atoms with Crippen molar-refractivity contribution in [2.24, 2.45) is 0 Å². The predicted octanol–water partition coefficient (Wildman–Crippen LogP) is 3.94. The first-order valence-corrected chi connectivity index (χ1v) is 9.26. The zero-order valence-corrected chi connectivity index (χ0v) is 15.2. The fraction of sp³-hybridized carbons (Fsp3) is 0.421. The van der Waals surface area contributed by atoms with E-state index in [4.69, 9.17) is 11.6 Å². The Hall–Kier alpha value is -1.98. The van der Waals surface area contributed by atoms with Gasteiger partial charge in [0, 0.05) is 30.1 Å². The van der Waals surface area contributed by atoms with E-state index in [2.05, 4.69) is 30.8 Å². The monoisotopic (exact) mass is 355 g/mol. The highest BCUT2D eigenvalue weighted by molar-refractivity contribution is 6.29. The number of rotatable bonds is 5. The van der Waals surface area contributed by atoms with Crippen LogP contribution in [0, 0.1) is 6.92 Å². The van der Waals surface area contributed by atoms with Crippen molar-refractivity contribution in [1.82, 2.24) is 24.6 Å². The van der Waals surface area contributed by atoms with Gasteiger partial charge >= 0.3 is 0 Å². The number of hydrogen-bond donors (Lipinski definition) is 0. The van der Waals surface area contributed by atoms with Crippen LogP contribution >= 0.6 is 11.6 Å². The van der Waals surface area contributed by atoms with Gasteiger partial charge in [0.2, 0.25) is 0 Å². The third-order valence-electron chi connectivity index (χ3n) is 4.82. The van der Waals surface area contributed by atoms with Crippen molar-refractivity contribution in [3.05, 3.63) is 41.4 Å². The van der Waals surface area contributed by atoms with E-state index in [9.17, 15) is 0 Å². The summed E-state index contributed by atoms with van der Waals surface area (Å²) in [4.78, 5) is 11.4. The van der Waals surface area contributed by atoms with Gasteiger partial charge in [-0.2, -0.15) is 5.10 Å². The van der Waals surface area contributed by atoms with Crippen LogP contribution in [0.25, 0.3) is 22.2 Å². The fourth-order valence-electron chi connectivity index (χ4n) is 3.51. The molecule has 0 atom stereocenters. The Morgan fingerprint density at radius 3 is 2.80 bits per heavy atom. The van der Waals surface area contributed by atoms with Crippen LogP contribution in [0.3, 0.4) is 0 Å². The van der Waals surface area contributed by atoms with E-state index in [1.165, 1.54) is 25.9 Å². The highest BCUT2D eigenvalue weighted by atomic mass is 35.5. The molecular formula is C19H22ClN5. The van der Waals surface area contributed by atoms with E-state index in [0.717, 1.165) is 47.4 Å². The molecule has 0 N–H and O–H groups in total. The van der Waals surface area contributed by atoms with Crippen LogP contribution in [0.4, 0.5) is 0 Å². The topological polar surface area (TPSA) is 46.8 Å². The minimum atomic E-state index is 0.487. The molecule has 4 heterocycles. The maximum Gasteiger partial charge on any atom is 0.129 e. The molecule has 6 heteroatoms. The Labute approximate surface area is 152 Å². The van der Waals surface area contributed by atoms with Crippen LogP contribution < -0.4 is 0 Å². The molecular weight excluding hydrogens is 334 g/mol. The summed E-state index contributed by atoms with van der Waals surface area (Å²) in [5.41, 5.74) is 4.82. The van der Waals surface area contributed by atoms with E-state index in [-0.39, 0.29) is 0 Å². The summed E-state index contributed by atoms with van der Waals surface area (Å²) in [6.07, 6.45) is 7.83. The lowest BCUT2D eigenvalue weighted by Gasteiger charge is -2.13. The predicted molar refractivity (Wildman–Crippen MR) is 101 cm³/mol. The zero-order valence-electron chi connectivity index (χ0n) is 14.5. The molecule has 0 radical (unpaired) electrons. The number of likely N-dealkylation sites (tertiary alicyclic amines) is 1. The van der Waals surface area contributed by atoms with Crippen molar-refractivity contribution in [1.29, 1.82) is 0 Å². The molecule has 1 saturated heterocycles. The first-order chi connectivity index (χ1) is 12.2. The first-order valence-electron chi connectivity index (χ1n) is 8.88. The van der Waals surface area contributed by atoms with Crippen molar-refractivity contribution >= 4 is 22.6 Å². The van der Waals surface area contributed by atoms with Gasteiger partial charge in [0.15, 0.2) is 0 Å². The van der Waals surface area contributed by atoms with Gasteiger partial charge in [-0.25, -0.2) is 4.98 Å². The number of aryl methyl sites for hydroxylation is 2. The van der Waals surface area contributed by atoms with Gasteiger partial charge in [-0.1, -0.05) is 11.6 Å². The molecule has 0 unspecified atom stereocenters. The van der Waals surface area contributed by atoms with Crippen molar-refractivity contribution in [2.45, 2.75) is 32.7 Å². The molecule has 4 rings (SSSR count). The first kappa shape index (κ1) is 16.5. The van der Waals surface area contributed by atoms with Crippen LogP contribution in [0.1, 0.15) is 25.0 Å². The van der Waals surface area contributed by atoms with E-state index in [1.54, 1.807) is 6.07 Å². The fourth-order valence-corrected chi connectivity index (χ4v) is 3.66. The summed E-state index contributed by atoms with van der Waals surface area (Å²) in [5.74, 6) is 0. The van der Waals surface area contributed by atoms with Crippen LogP contribution in [0.2, 0.25) is 5.15 Å². The lowest BCUT2D eigenvalue weighted by atomic mass is 10.1. The van der Waals surface area contributed by atoms with Crippen molar-refractivity contribution in [2.75, 3.05) is 19.6 Å². The molecule has 1 aliphatic heterocycles. The van der Waals surface area contributed by atoms with E-state index >= 15 is 0 Å². The average Bonchev–Trinajstić information content (AvgIpc) is 3.24. The van der Waals surface area contributed by atoms with Crippen molar-refractivity contribution in [3.63, 3.8) is 0 Å². The van der Waals surface area contributed by atoms with E-state index < -0.39 is 0 Å². The van der Waals surface area contributed by atoms with Crippen molar-refractivity contribution < 1.29 is 0 Å². The summed E-state index contributed by atoms with van der Waals surface area (Å²) < 4.78 is 2.05. The van der Waals surface area contributed by atoms with Crippen LogP contribution in [-0.4, -0.2) is 44.3 Å². The summed E-state index contributed by atoms with van der Waals surface area (Å²) >= 11 is 6.00. The second-order valence-corrected chi connectivity index (χ2v) is 7.08. The summed E-state index contributed by atoms with van der Waals surface area (Å²) in [5, 5.41) is 5.16. The number of halogens is 1. The number of hydrogen-bond acceptors (Lipinski definition) is 4. The lowest BCUT2D eigenvalue weighted by Crippen LogP contribution is -2.21. The molecule has 3 aromatic rings. The Morgan fingerprint density at radius 1 is 1.12 bits per heavy atom. The number of fused-ring (bicyclic) bond motifs is 1. The molecule has 0 spiro atoms. The maximum atomic E-state index is 6.00. The molecule has 1 fully saturated rings. The molecule has 25 heavy (non-hydrogen) atoms. The largest absolute Gasteiger partial charge is 0.303 e. The van der Waals surface area contributed by atoms with Gasteiger partial charge in [-0.3, -0.25) is 9.67 Å². The number of pyridine rings is 2. The molecule has 0 bridgehead atoms. The lowest BCUT2D eigenvalue weighted by molar-refractivity contribution is 0.322. The SMILES string of the molecule is Cc1nn(CCCN2CCCC2)cc1-c1cnc2ccc(Cl)nc2c1. The second kappa shape index (κ2) is 7.10. The van der Waals surface area contributed by atoms with Crippen molar-refractivity contribution in [3.8, 4) is 11.1 Å². The van der Waals surface area contributed by atoms with E-state index in [0.29, 0.717) is 5.15 Å². The van der Waals surface area contributed by atoms with Gasteiger partial charge in [0.25, 0.3) is 0 Å². The molecule has 130 valence electrons. The van der Waals surface area contributed by atoms with Crippen LogP contribution in [0.15, 0.2) is 30.6 Å². The highest BCUT2D eigenvalue weighted by Gasteiger charge is 2.12. The number of nitrogens with zero attached hydrogens (tertiary/aromatic N) is 5. The maximum absolute atomic E-state index is 6.00. The molecule has 0 aliphatic carbocycles. The minimum Gasteiger partial charge on any atom is -0.303 e. The van der Waals surface area contributed by atoms with Crippen LogP contribution in [0.5, 0.6) is 0 Å². The molecule has 1 aliphatic rings. The molecule has 0 aromatic carbocycles. The normalized spacial score (nSPS) is 15.3. The number of aromatic nitrogens is 4. The third-order valence-corrected chi connectivity index (χ3v) is 5.03. The molecule has 5 nitrogen and oxygen atoms in total. The standard InChI is InChI=1S/C19H22ClN5/c1-14-16(13-25(23-14)10-4-9-24-7-2-3-8-24)15-11-18-17(21-12-15)5-6-19(20)22-18/h5-6,11-13H,2-4,7-10H2,1H3. The summed E-state index contributed by atoms with van der Waals surface area (Å²) in [7, 11) is 0. The second-order valence-electron chi connectivity index (χ2n) is 6.69. The smallest absolute Gasteiger partial charge is 0.129 e. The molecule has 0 saturated carbocycles. The van der Waals surface area contributed by atoms with E-state index in [1.807, 2.05) is 25.3 Å². The van der Waals surface area contributed by atoms with Gasteiger partial charge in [0.05, 0.1) is 16.7 Å². The van der Waals surface area contributed by atoms with Crippen LogP contribution in [-0.2, 0) is 6.54 Å². The highest BCUT2D eigenvalue weighted by Crippen LogP contribution is 2.25. The van der Waals surface area contributed by atoms with Gasteiger partial charge < -0.3 is 4.90 Å². The summed E-state index contributed by atoms with van der Waals surface area (Å²) in [6.45, 7) is 6.65. The van der Waals surface area contributed by atoms with Gasteiger partial charge in [-0.05, 0) is 64.0 Å². The Bertz CT molecular complexity index is 883. The third kappa shape index (κ3) is 3.67. The Kier molecular flexibility index (Phi) is 4.68. The van der Waals surface area contributed by atoms with Gasteiger partial charge in [0.1, 0.15) is 5.15 Å². The summed E-state index contributed by atoms with van der Waals surface area (Å²) in [6, 6.07) is 5.69. The molecule has 0 amide bonds. The minimum absolute atomic E-state index is 0.487. The zero-order chi connectivity index (χ0) is 17.2. The Balaban J connectivity index is 1.51. The Morgan fingerprint density at radius 2 is 1.96 bits per heavy atom. The van der Waals surface area contributed by atoms with Gasteiger partial charge in [-0.15, -0.1) is 0 Å². The molecule has 3 aromatic heterocycles. The quantitative estimate of drug-likeness (QED) is 0.650. The average molecular weight is 356 g/mol.